The summed E-state index contributed by atoms with van der Waals surface area (Å²) in [6, 6.07) is 4.78. The highest BCUT2D eigenvalue weighted by Crippen LogP contribution is 2.31. The Labute approximate surface area is 124 Å². The molecule has 1 aliphatic rings. The van der Waals surface area contributed by atoms with E-state index in [-0.39, 0.29) is 12.5 Å². The number of rotatable bonds is 3. The van der Waals surface area contributed by atoms with Gasteiger partial charge in [0.1, 0.15) is 0 Å². The summed E-state index contributed by atoms with van der Waals surface area (Å²) in [7, 11) is 0. The molecule has 0 bridgehead atoms. The van der Waals surface area contributed by atoms with Crippen LogP contribution in [0.1, 0.15) is 43.0 Å². The van der Waals surface area contributed by atoms with Crippen molar-refractivity contribution in [3.05, 3.63) is 28.8 Å². The number of hydrogen-bond donors (Lipinski definition) is 3. The molecule has 1 aliphatic carbocycles. The summed E-state index contributed by atoms with van der Waals surface area (Å²) >= 11 is 5.80. The van der Waals surface area contributed by atoms with Gasteiger partial charge in [0.15, 0.2) is 0 Å². The van der Waals surface area contributed by atoms with E-state index >= 15 is 0 Å². The Hall–Kier alpha value is -1.26. The second-order valence-electron chi connectivity index (χ2n) is 5.82. The van der Waals surface area contributed by atoms with Gasteiger partial charge in [0, 0.05) is 17.3 Å². The third-order valence-corrected chi connectivity index (χ3v) is 4.28. The van der Waals surface area contributed by atoms with E-state index in [4.69, 9.17) is 17.3 Å². The van der Waals surface area contributed by atoms with Crippen LogP contribution in [0.15, 0.2) is 18.2 Å². The SMILES string of the molecule is CC1CCC(O)(CNC(=O)c2ccc(Cl)cc2N)CC1. The Morgan fingerprint density at radius 3 is 2.75 bits per heavy atom. The smallest absolute Gasteiger partial charge is 0.253 e. The van der Waals surface area contributed by atoms with E-state index < -0.39 is 5.60 Å². The zero-order chi connectivity index (χ0) is 14.8. The number of carbonyl (C=O) groups is 1. The molecule has 1 saturated carbocycles. The number of carbonyl (C=O) groups excluding carboxylic acids is 1. The fourth-order valence-corrected chi connectivity index (χ4v) is 2.74. The number of benzene rings is 1. The van der Waals surface area contributed by atoms with E-state index in [2.05, 4.69) is 12.2 Å². The molecule has 0 radical (unpaired) electrons. The molecule has 20 heavy (non-hydrogen) atoms. The Bertz CT molecular complexity index is 497. The molecule has 0 aliphatic heterocycles. The van der Waals surface area contributed by atoms with Gasteiger partial charge in [0.05, 0.1) is 11.2 Å². The van der Waals surface area contributed by atoms with Gasteiger partial charge in [0.25, 0.3) is 5.91 Å². The molecule has 1 aromatic carbocycles. The second-order valence-corrected chi connectivity index (χ2v) is 6.26. The van der Waals surface area contributed by atoms with Gasteiger partial charge in [-0.3, -0.25) is 4.79 Å². The van der Waals surface area contributed by atoms with Crippen molar-refractivity contribution in [3.8, 4) is 0 Å². The lowest BCUT2D eigenvalue weighted by Crippen LogP contribution is -2.45. The molecule has 1 aromatic rings. The molecule has 1 fully saturated rings. The predicted octanol–water partition coefficient (Wildman–Crippen LogP) is 2.59. The Morgan fingerprint density at radius 1 is 1.50 bits per heavy atom. The van der Waals surface area contributed by atoms with Crippen molar-refractivity contribution in [1.29, 1.82) is 0 Å². The van der Waals surface area contributed by atoms with Crippen LogP contribution in [0.5, 0.6) is 0 Å². The highest BCUT2D eigenvalue weighted by atomic mass is 35.5. The summed E-state index contributed by atoms with van der Waals surface area (Å²) in [5, 5.41) is 13.7. The number of nitrogens with one attached hydrogen (secondary N) is 1. The topological polar surface area (TPSA) is 75.3 Å². The molecule has 0 saturated heterocycles. The van der Waals surface area contributed by atoms with Crippen LogP contribution in [0, 0.1) is 5.92 Å². The molecule has 110 valence electrons. The van der Waals surface area contributed by atoms with E-state index in [0.717, 1.165) is 25.7 Å². The standard InChI is InChI=1S/C15H21ClN2O2/c1-10-4-6-15(20,7-5-10)9-18-14(19)12-3-2-11(16)8-13(12)17/h2-3,8,10,20H,4-7,9,17H2,1H3,(H,18,19). The Morgan fingerprint density at radius 2 is 2.15 bits per heavy atom. The van der Waals surface area contributed by atoms with E-state index in [1.807, 2.05) is 0 Å². The summed E-state index contributed by atoms with van der Waals surface area (Å²) in [5.41, 5.74) is 5.72. The highest BCUT2D eigenvalue weighted by molar-refractivity contribution is 6.31. The van der Waals surface area contributed by atoms with E-state index in [0.29, 0.717) is 22.2 Å². The van der Waals surface area contributed by atoms with E-state index in [1.54, 1.807) is 18.2 Å². The zero-order valence-electron chi connectivity index (χ0n) is 11.7. The van der Waals surface area contributed by atoms with Gasteiger partial charge in [-0.2, -0.15) is 0 Å². The predicted molar refractivity (Wildman–Crippen MR) is 80.8 cm³/mol. The normalized spacial score (nSPS) is 26.2. The first-order valence-electron chi connectivity index (χ1n) is 6.95. The maximum Gasteiger partial charge on any atom is 0.253 e. The van der Waals surface area contributed by atoms with Gasteiger partial charge in [0.2, 0.25) is 0 Å². The molecular weight excluding hydrogens is 276 g/mol. The number of nitrogens with two attached hydrogens (primary N) is 1. The van der Waals surface area contributed by atoms with E-state index in [1.165, 1.54) is 0 Å². The highest BCUT2D eigenvalue weighted by Gasteiger charge is 2.32. The third-order valence-electron chi connectivity index (χ3n) is 4.04. The quantitative estimate of drug-likeness (QED) is 0.751. The molecule has 4 N–H and O–H groups in total. The van der Waals surface area contributed by atoms with Crippen LogP contribution in [0.25, 0.3) is 0 Å². The number of aliphatic hydroxyl groups is 1. The van der Waals surface area contributed by atoms with Crippen molar-refractivity contribution >= 4 is 23.2 Å². The van der Waals surface area contributed by atoms with Gasteiger partial charge in [-0.1, -0.05) is 18.5 Å². The number of amides is 1. The van der Waals surface area contributed by atoms with Crippen LogP contribution in [0.2, 0.25) is 5.02 Å². The maximum absolute atomic E-state index is 12.1. The Balaban J connectivity index is 1.95. The van der Waals surface area contributed by atoms with Crippen molar-refractivity contribution in [2.75, 3.05) is 12.3 Å². The minimum atomic E-state index is -0.788. The molecular formula is C15H21ClN2O2. The van der Waals surface area contributed by atoms with Gasteiger partial charge >= 0.3 is 0 Å². The molecule has 1 amide bonds. The van der Waals surface area contributed by atoms with Crippen molar-refractivity contribution < 1.29 is 9.90 Å². The summed E-state index contributed by atoms with van der Waals surface area (Å²) in [6.07, 6.45) is 3.44. The molecule has 5 heteroatoms. The van der Waals surface area contributed by atoms with Crippen LogP contribution < -0.4 is 11.1 Å². The van der Waals surface area contributed by atoms with Crippen molar-refractivity contribution in [1.82, 2.24) is 5.32 Å². The van der Waals surface area contributed by atoms with Crippen LogP contribution in [-0.4, -0.2) is 23.2 Å². The molecule has 2 rings (SSSR count). The van der Waals surface area contributed by atoms with Crippen molar-refractivity contribution in [3.63, 3.8) is 0 Å². The van der Waals surface area contributed by atoms with Gasteiger partial charge < -0.3 is 16.2 Å². The molecule has 4 nitrogen and oxygen atoms in total. The summed E-state index contributed by atoms with van der Waals surface area (Å²) < 4.78 is 0. The minimum absolute atomic E-state index is 0.265. The number of nitrogen functional groups attached to an aromatic ring is 1. The Kier molecular flexibility index (Phi) is 4.55. The van der Waals surface area contributed by atoms with Crippen molar-refractivity contribution in [2.24, 2.45) is 5.92 Å². The van der Waals surface area contributed by atoms with Crippen LogP contribution in [0.4, 0.5) is 5.69 Å². The zero-order valence-corrected chi connectivity index (χ0v) is 12.4. The van der Waals surface area contributed by atoms with Crippen molar-refractivity contribution in [2.45, 2.75) is 38.2 Å². The van der Waals surface area contributed by atoms with Crippen LogP contribution in [-0.2, 0) is 0 Å². The number of anilines is 1. The fraction of sp³-hybridized carbons (Fsp3) is 0.533. The second kappa shape index (κ2) is 6.02. The van der Waals surface area contributed by atoms with Gasteiger partial charge in [-0.15, -0.1) is 0 Å². The maximum atomic E-state index is 12.1. The molecule has 0 atom stereocenters. The van der Waals surface area contributed by atoms with Crippen LogP contribution in [0.3, 0.4) is 0 Å². The summed E-state index contributed by atoms with van der Waals surface area (Å²) in [4.78, 5) is 12.1. The van der Waals surface area contributed by atoms with Gasteiger partial charge in [-0.25, -0.2) is 0 Å². The van der Waals surface area contributed by atoms with E-state index in [9.17, 15) is 9.90 Å². The monoisotopic (exact) mass is 296 g/mol. The lowest BCUT2D eigenvalue weighted by atomic mass is 9.79. The minimum Gasteiger partial charge on any atom is -0.398 e. The molecule has 0 unspecified atom stereocenters. The summed E-state index contributed by atoms with van der Waals surface area (Å²) in [5.74, 6) is 0.379. The number of halogens is 1. The lowest BCUT2D eigenvalue weighted by molar-refractivity contribution is -0.00539. The van der Waals surface area contributed by atoms with Crippen LogP contribution >= 0.6 is 11.6 Å². The first-order chi connectivity index (χ1) is 9.39. The lowest BCUT2D eigenvalue weighted by Gasteiger charge is -2.35. The molecule has 0 heterocycles. The van der Waals surface area contributed by atoms with Gasteiger partial charge in [-0.05, 0) is 49.8 Å². The first kappa shape index (κ1) is 15.1. The largest absolute Gasteiger partial charge is 0.398 e. The fourth-order valence-electron chi connectivity index (χ4n) is 2.56. The average molecular weight is 297 g/mol. The number of hydrogen-bond acceptors (Lipinski definition) is 3. The molecule has 0 aromatic heterocycles. The molecule has 0 spiro atoms. The average Bonchev–Trinajstić information content (AvgIpc) is 2.40. The third kappa shape index (κ3) is 3.64. The first-order valence-corrected chi connectivity index (χ1v) is 7.33. The summed E-state index contributed by atoms with van der Waals surface area (Å²) in [6.45, 7) is 2.45.